The predicted octanol–water partition coefficient (Wildman–Crippen LogP) is 2.44. The van der Waals surface area contributed by atoms with Gasteiger partial charge >= 0.3 is 0 Å². The number of aromatic amines is 1. The average Bonchev–Trinajstić information content (AvgIpc) is 3.27. The first-order chi connectivity index (χ1) is 11.7. The molecule has 1 amide bonds. The van der Waals surface area contributed by atoms with E-state index in [1.165, 1.54) is 0 Å². The lowest BCUT2D eigenvalue weighted by molar-refractivity contribution is -0.120. The standard InChI is InChI=1S/C17H18N4O2S/c1-23-13-6-4-12(5-7-13)17-19-15(20-21-17)8-9-18-16(22)11-14-3-2-10-24-14/h2-7,10H,8-9,11H2,1H3,(H,18,22)(H,19,20,21). The van der Waals surface area contributed by atoms with Gasteiger partial charge in [0.1, 0.15) is 11.6 Å². The van der Waals surface area contributed by atoms with Crippen molar-refractivity contribution in [1.82, 2.24) is 20.5 Å². The molecular weight excluding hydrogens is 324 g/mol. The molecule has 0 radical (unpaired) electrons. The molecule has 7 heteroatoms. The van der Waals surface area contributed by atoms with Gasteiger partial charge in [0.25, 0.3) is 0 Å². The smallest absolute Gasteiger partial charge is 0.225 e. The van der Waals surface area contributed by atoms with Gasteiger partial charge in [0.05, 0.1) is 13.5 Å². The lowest BCUT2D eigenvalue weighted by Crippen LogP contribution is -2.27. The van der Waals surface area contributed by atoms with Crippen LogP contribution >= 0.6 is 11.3 Å². The van der Waals surface area contributed by atoms with Gasteiger partial charge in [-0.25, -0.2) is 4.98 Å². The summed E-state index contributed by atoms with van der Waals surface area (Å²) >= 11 is 1.59. The van der Waals surface area contributed by atoms with Crippen molar-refractivity contribution in [2.24, 2.45) is 0 Å². The summed E-state index contributed by atoms with van der Waals surface area (Å²) in [6.07, 6.45) is 1.03. The zero-order valence-electron chi connectivity index (χ0n) is 13.3. The molecule has 0 unspecified atom stereocenters. The summed E-state index contributed by atoms with van der Waals surface area (Å²) in [5.74, 6) is 2.20. The molecular formula is C17H18N4O2S. The number of carbonyl (C=O) groups is 1. The van der Waals surface area contributed by atoms with E-state index >= 15 is 0 Å². The van der Waals surface area contributed by atoms with Crippen LogP contribution < -0.4 is 10.1 Å². The zero-order valence-corrected chi connectivity index (χ0v) is 14.1. The molecule has 0 fully saturated rings. The number of hydrogen-bond acceptors (Lipinski definition) is 5. The maximum Gasteiger partial charge on any atom is 0.225 e. The fraction of sp³-hybridized carbons (Fsp3) is 0.235. The summed E-state index contributed by atoms with van der Waals surface area (Å²) in [5.41, 5.74) is 0.917. The van der Waals surface area contributed by atoms with Crippen LogP contribution in [0.1, 0.15) is 10.7 Å². The van der Waals surface area contributed by atoms with Crippen LogP contribution in [0.3, 0.4) is 0 Å². The van der Waals surface area contributed by atoms with Gasteiger partial charge < -0.3 is 10.1 Å². The zero-order chi connectivity index (χ0) is 16.8. The summed E-state index contributed by atoms with van der Waals surface area (Å²) in [6, 6.07) is 11.5. The molecule has 0 aliphatic rings. The number of benzene rings is 1. The number of thiophene rings is 1. The second kappa shape index (κ2) is 7.74. The Labute approximate surface area is 143 Å². The summed E-state index contributed by atoms with van der Waals surface area (Å²) in [5, 5.41) is 12.0. The summed E-state index contributed by atoms with van der Waals surface area (Å²) in [7, 11) is 1.63. The summed E-state index contributed by atoms with van der Waals surface area (Å²) in [6.45, 7) is 0.529. The SMILES string of the molecule is COc1ccc(-c2n[nH]c(CCNC(=O)Cc3cccs3)n2)cc1. The molecule has 1 aromatic carbocycles. The number of H-pyrrole nitrogens is 1. The van der Waals surface area contributed by atoms with Crippen LogP contribution in [0.25, 0.3) is 11.4 Å². The van der Waals surface area contributed by atoms with Crippen LogP contribution in [0.5, 0.6) is 5.75 Å². The van der Waals surface area contributed by atoms with Crippen molar-refractivity contribution in [2.75, 3.05) is 13.7 Å². The van der Waals surface area contributed by atoms with Crippen molar-refractivity contribution in [3.63, 3.8) is 0 Å². The molecule has 0 spiro atoms. The molecule has 0 aliphatic heterocycles. The maximum absolute atomic E-state index is 11.8. The Morgan fingerprint density at radius 1 is 1.29 bits per heavy atom. The van der Waals surface area contributed by atoms with Gasteiger partial charge in [0.2, 0.25) is 5.91 Å². The lowest BCUT2D eigenvalue weighted by Gasteiger charge is -2.02. The molecule has 3 rings (SSSR count). The van der Waals surface area contributed by atoms with Crippen molar-refractivity contribution >= 4 is 17.2 Å². The van der Waals surface area contributed by atoms with E-state index in [2.05, 4.69) is 20.5 Å². The van der Waals surface area contributed by atoms with E-state index in [1.54, 1.807) is 18.4 Å². The minimum Gasteiger partial charge on any atom is -0.497 e. The Bertz CT molecular complexity index is 781. The fourth-order valence-electron chi connectivity index (χ4n) is 2.23. The van der Waals surface area contributed by atoms with Gasteiger partial charge in [-0.05, 0) is 35.7 Å². The van der Waals surface area contributed by atoms with Crippen LogP contribution in [-0.4, -0.2) is 34.7 Å². The third kappa shape index (κ3) is 4.20. The van der Waals surface area contributed by atoms with E-state index < -0.39 is 0 Å². The van der Waals surface area contributed by atoms with Crippen LogP contribution in [0.2, 0.25) is 0 Å². The van der Waals surface area contributed by atoms with Crippen LogP contribution in [-0.2, 0) is 17.6 Å². The van der Waals surface area contributed by atoms with Gasteiger partial charge in [-0.2, -0.15) is 5.10 Å². The molecule has 6 nitrogen and oxygen atoms in total. The van der Waals surface area contributed by atoms with Crippen molar-refractivity contribution in [1.29, 1.82) is 0 Å². The van der Waals surface area contributed by atoms with E-state index in [4.69, 9.17) is 4.74 Å². The minimum absolute atomic E-state index is 0.0207. The minimum atomic E-state index is 0.0207. The maximum atomic E-state index is 11.8. The second-order valence-corrected chi connectivity index (χ2v) is 6.22. The highest BCUT2D eigenvalue weighted by atomic mass is 32.1. The topological polar surface area (TPSA) is 79.9 Å². The Morgan fingerprint density at radius 3 is 2.83 bits per heavy atom. The van der Waals surface area contributed by atoms with Crippen molar-refractivity contribution < 1.29 is 9.53 Å². The average molecular weight is 342 g/mol. The van der Waals surface area contributed by atoms with E-state index in [0.29, 0.717) is 25.2 Å². The van der Waals surface area contributed by atoms with Gasteiger partial charge in [-0.3, -0.25) is 9.89 Å². The first-order valence-electron chi connectivity index (χ1n) is 7.59. The number of ether oxygens (including phenoxy) is 1. The van der Waals surface area contributed by atoms with Crippen LogP contribution in [0.15, 0.2) is 41.8 Å². The van der Waals surface area contributed by atoms with Gasteiger partial charge in [0, 0.05) is 23.4 Å². The predicted molar refractivity (Wildman–Crippen MR) is 93.1 cm³/mol. The molecule has 2 aromatic heterocycles. The normalized spacial score (nSPS) is 10.5. The third-order valence-corrected chi connectivity index (χ3v) is 4.36. The van der Waals surface area contributed by atoms with E-state index in [0.717, 1.165) is 22.0 Å². The lowest BCUT2D eigenvalue weighted by atomic mass is 10.2. The highest BCUT2D eigenvalue weighted by molar-refractivity contribution is 7.10. The van der Waals surface area contributed by atoms with E-state index in [1.807, 2.05) is 41.8 Å². The monoisotopic (exact) mass is 342 g/mol. The molecule has 0 aliphatic carbocycles. The Morgan fingerprint density at radius 2 is 2.12 bits per heavy atom. The second-order valence-electron chi connectivity index (χ2n) is 5.19. The number of nitrogens with one attached hydrogen (secondary N) is 2. The van der Waals surface area contributed by atoms with Gasteiger partial charge in [-0.1, -0.05) is 6.07 Å². The molecule has 0 saturated carbocycles. The molecule has 0 saturated heterocycles. The molecule has 24 heavy (non-hydrogen) atoms. The Balaban J connectivity index is 1.49. The van der Waals surface area contributed by atoms with Crippen LogP contribution in [0, 0.1) is 0 Å². The Kier molecular flexibility index (Phi) is 5.22. The first-order valence-corrected chi connectivity index (χ1v) is 8.47. The first kappa shape index (κ1) is 16.2. The number of rotatable bonds is 7. The number of nitrogens with zero attached hydrogens (tertiary/aromatic N) is 2. The van der Waals surface area contributed by atoms with E-state index in [-0.39, 0.29) is 5.91 Å². The number of carbonyl (C=O) groups excluding carboxylic acids is 1. The van der Waals surface area contributed by atoms with Crippen molar-refractivity contribution in [3.05, 3.63) is 52.5 Å². The molecule has 0 atom stereocenters. The van der Waals surface area contributed by atoms with E-state index in [9.17, 15) is 4.79 Å². The highest BCUT2D eigenvalue weighted by Gasteiger charge is 2.08. The summed E-state index contributed by atoms with van der Waals surface area (Å²) < 4.78 is 5.14. The van der Waals surface area contributed by atoms with Gasteiger partial charge in [-0.15, -0.1) is 11.3 Å². The molecule has 2 heterocycles. The van der Waals surface area contributed by atoms with Crippen molar-refractivity contribution in [2.45, 2.75) is 12.8 Å². The number of amides is 1. The third-order valence-electron chi connectivity index (χ3n) is 3.48. The fourth-order valence-corrected chi connectivity index (χ4v) is 2.93. The molecule has 2 N–H and O–H groups in total. The largest absolute Gasteiger partial charge is 0.497 e. The molecule has 124 valence electrons. The quantitative estimate of drug-likeness (QED) is 0.691. The summed E-state index contributed by atoms with van der Waals surface area (Å²) in [4.78, 5) is 17.3. The van der Waals surface area contributed by atoms with Crippen molar-refractivity contribution in [3.8, 4) is 17.1 Å². The number of aromatic nitrogens is 3. The number of methoxy groups -OCH3 is 1. The Hall–Kier alpha value is -2.67. The molecule has 3 aromatic rings. The van der Waals surface area contributed by atoms with Crippen LogP contribution in [0.4, 0.5) is 0 Å². The highest BCUT2D eigenvalue weighted by Crippen LogP contribution is 2.18. The van der Waals surface area contributed by atoms with Gasteiger partial charge in [0.15, 0.2) is 5.82 Å². The number of hydrogen-bond donors (Lipinski definition) is 2. The molecule has 0 bridgehead atoms.